The largest absolute Gasteiger partial charge is 0.490 e. The van der Waals surface area contributed by atoms with Crippen LogP contribution in [-0.2, 0) is 14.6 Å². The van der Waals surface area contributed by atoms with Gasteiger partial charge in [-0.3, -0.25) is 4.68 Å². The van der Waals surface area contributed by atoms with Crippen molar-refractivity contribution < 1.29 is 31.5 Å². The van der Waals surface area contributed by atoms with Crippen molar-refractivity contribution in [1.29, 1.82) is 5.26 Å². The second-order valence-electron chi connectivity index (χ2n) is 7.33. The predicted molar refractivity (Wildman–Crippen MR) is 121 cm³/mol. The molecule has 0 saturated carbocycles. The van der Waals surface area contributed by atoms with Gasteiger partial charge in [-0.2, -0.15) is 23.5 Å². The van der Waals surface area contributed by atoms with Gasteiger partial charge < -0.3 is 10.1 Å². The molecule has 0 aliphatic rings. The first-order valence-corrected chi connectivity index (χ1v) is 12.0. The summed E-state index contributed by atoms with van der Waals surface area (Å²) in [5.41, 5.74) is 2.97. The Hall–Kier alpha value is -4.25. The molecule has 0 saturated heterocycles. The number of H-pyrrole nitrogens is 1. The van der Waals surface area contributed by atoms with Gasteiger partial charge in [0.15, 0.2) is 9.84 Å². The molecule has 188 valence electrons. The van der Waals surface area contributed by atoms with E-state index in [2.05, 4.69) is 26.1 Å². The Balaban J connectivity index is 0.000000454. The average Bonchev–Trinajstić information content (AvgIpc) is 3.52. The van der Waals surface area contributed by atoms with Crippen LogP contribution < -0.4 is 0 Å². The lowest BCUT2D eigenvalue weighted by Gasteiger charge is -2.16. The van der Waals surface area contributed by atoms with Crippen molar-refractivity contribution in [1.82, 2.24) is 24.7 Å². The zero-order valence-corrected chi connectivity index (χ0v) is 19.5. The SMILES string of the molecule is CCS(=O)(=O)c1cccc([C@H](CC#N)n2cc(-c3ncnc4[nH]ccc34)cn2)c1.O=C(O)C(F)(F)F. The minimum Gasteiger partial charge on any atom is -0.475 e. The molecule has 3 heterocycles. The second kappa shape index (κ2) is 10.6. The molecular formula is C22H19F3N6O4S. The number of aromatic amines is 1. The molecule has 0 spiro atoms. The number of carbonyl (C=O) groups is 1. The van der Waals surface area contributed by atoms with Crippen LogP contribution in [0.25, 0.3) is 22.3 Å². The summed E-state index contributed by atoms with van der Waals surface area (Å²) in [6, 6.07) is 10.4. The minimum absolute atomic E-state index is 0.0195. The van der Waals surface area contributed by atoms with Gasteiger partial charge in [-0.1, -0.05) is 19.1 Å². The normalized spacial score (nSPS) is 12.4. The Morgan fingerprint density at radius 1 is 1.28 bits per heavy atom. The van der Waals surface area contributed by atoms with E-state index in [1.807, 2.05) is 18.3 Å². The summed E-state index contributed by atoms with van der Waals surface area (Å²) in [5, 5.41) is 21.8. The number of sulfone groups is 1. The standard InChI is InChI=1S/C20H18N6O2S.C2HF3O2/c1-2-29(27,28)16-5-3-4-14(10-16)18(6-8-21)26-12-15(11-25-26)19-17-7-9-22-20(17)24-13-23-19;3-2(4,5)1(6)7/h3-5,7,9-13,18H,2,6H2,1H3,(H,22,23,24);(H,6,7)/t18-;/m0./s1. The van der Waals surface area contributed by atoms with Crippen molar-refractivity contribution >= 4 is 26.8 Å². The first-order chi connectivity index (χ1) is 17.0. The smallest absolute Gasteiger partial charge is 0.475 e. The molecule has 4 aromatic rings. The van der Waals surface area contributed by atoms with E-state index in [1.165, 1.54) is 6.33 Å². The fourth-order valence-corrected chi connectivity index (χ4v) is 4.20. The molecule has 1 aromatic carbocycles. The van der Waals surface area contributed by atoms with Gasteiger partial charge in [-0.15, -0.1) is 0 Å². The van der Waals surface area contributed by atoms with Gasteiger partial charge in [0.2, 0.25) is 0 Å². The van der Waals surface area contributed by atoms with Crippen molar-refractivity contribution in [3.05, 3.63) is 60.8 Å². The molecule has 0 amide bonds. The van der Waals surface area contributed by atoms with E-state index in [-0.39, 0.29) is 17.1 Å². The van der Waals surface area contributed by atoms with E-state index in [4.69, 9.17) is 9.90 Å². The summed E-state index contributed by atoms with van der Waals surface area (Å²) >= 11 is 0. The second-order valence-corrected chi connectivity index (χ2v) is 9.61. The van der Waals surface area contributed by atoms with Crippen LogP contribution in [-0.4, -0.2) is 56.2 Å². The molecule has 36 heavy (non-hydrogen) atoms. The Kier molecular flexibility index (Phi) is 7.74. The molecule has 14 heteroatoms. The van der Waals surface area contributed by atoms with Gasteiger partial charge >= 0.3 is 12.1 Å². The molecule has 0 unspecified atom stereocenters. The van der Waals surface area contributed by atoms with Gasteiger partial charge in [0.05, 0.1) is 41.1 Å². The van der Waals surface area contributed by atoms with Gasteiger partial charge in [-0.25, -0.2) is 23.2 Å². The number of nitrogens with one attached hydrogen (secondary N) is 1. The van der Waals surface area contributed by atoms with Crippen LogP contribution in [0.4, 0.5) is 13.2 Å². The van der Waals surface area contributed by atoms with E-state index in [1.54, 1.807) is 42.2 Å². The van der Waals surface area contributed by atoms with Crippen LogP contribution in [0.5, 0.6) is 0 Å². The number of fused-ring (bicyclic) bond motifs is 1. The summed E-state index contributed by atoms with van der Waals surface area (Å²) in [5.74, 6) is -2.74. The number of hydrogen-bond donors (Lipinski definition) is 2. The first kappa shape index (κ1) is 26.4. The van der Waals surface area contributed by atoms with E-state index in [0.29, 0.717) is 5.56 Å². The fourth-order valence-electron chi connectivity index (χ4n) is 3.27. The number of carboxylic acids is 1. The number of alkyl halides is 3. The molecule has 0 aliphatic heterocycles. The molecule has 3 aromatic heterocycles. The maximum atomic E-state index is 12.3. The molecule has 2 N–H and O–H groups in total. The Morgan fingerprint density at radius 3 is 2.64 bits per heavy atom. The molecule has 10 nitrogen and oxygen atoms in total. The maximum absolute atomic E-state index is 12.3. The summed E-state index contributed by atoms with van der Waals surface area (Å²) in [7, 11) is -3.34. The van der Waals surface area contributed by atoms with Crippen LogP contribution in [0.1, 0.15) is 24.9 Å². The third-order valence-electron chi connectivity index (χ3n) is 5.06. The zero-order valence-electron chi connectivity index (χ0n) is 18.6. The molecule has 0 bridgehead atoms. The number of halogens is 3. The maximum Gasteiger partial charge on any atom is 0.490 e. The molecular weight excluding hydrogens is 501 g/mol. The monoisotopic (exact) mass is 520 g/mol. The van der Waals surface area contributed by atoms with Gasteiger partial charge in [-0.05, 0) is 23.8 Å². The average molecular weight is 520 g/mol. The molecule has 0 fully saturated rings. The van der Waals surface area contributed by atoms with Gasteiger partial charge in [0.25, 0.3) is 0 Å². The number of nitriles is 1. The highest BCUT2D eigenvalue weighted by molar-refractivity contribution is 7.91. The molecule has 0 radical (unpaired) electrons. The first-order valence-electron chi connectivity index (χ1n) is 10.3. The van der Waals surface area contributed by atoms with Crippen LogP contribution >= 0.6 is 0 Å². The van der Waals surface area contributed by atoms with Gasteiger partial charge in [0, 0.05) is 23.3 Å². The minimum atomic E-state index is -5.08. The van der Waals surface area contributed by atoms with E-state index < -0.39 is 28.0 Å². The van der Waals surface area contributed by atoms with Crippen LogP contribution in [0.3, 0.4) is 0 Å². The van der Waals surface area contributed by atoms with Crippen molar-refractivity contribution in [3.8, 4) is 17.3 Å². The van der Waals surface area contributed by atoms with Gasteiger partial charge in [0.1, 0.15) is 12.0 Å². The van der Waals surface area contributed by atoms with Crippen LogP contribution in [0.2, 0.25) is 0 Å². The van der Waals surface area contributed by atoms with Crippen molar-refractivity contribution in [2.24, 2.45) is 0 Å². The third-order valence-corrected chi connectivity index (χ3v) is 6.79. The quantitative estimate of drug-likeness (QED) is 0.390. The lowest BCUT2D eigenvalue weighted by Crippen LogP contribution is -2.21. The van der Waals surface area contributed by atoms with Crippen LogP contribution in [0.15, 0.2) is 60.1 Å². The summed E-state index contributed by atoms with van der Waals surface area (Å²) in [6.07, 6.45) is 1.85. The number of hydrogen-bond acceptors (Lipinski definition) is 7. The van der Waals surface area contributed by atoms with Crippen LogP contribution in [0, 0.1) is 11.3 Å². The summed E-state index contributed by atoms with van der Waals surface area (Å²) in [6.45, 7) is 1.61. The highest BCUT2D eigenvalue weighted by Gasteiger charge is 2.38. The summed E-state index contributed by atoms with van der Waals surface area (Å²) < 4.78 is 57.9. The zero-order chi connectivity index (χ0) is 26.5. The molecule has 0 aliphatic carbocycles. The van der Waals surface area contributed by atoms with E-state index in [9.17, 15) is 26.9 Å². The van der Waals surface area contributed by atoms with Crippen molar-refractivity contribution in [3.63, 3.8) is 0 Å². The number of aliphatic carboxylic acids is 1. The van der Waals surface area contributed by atoms with E-state index >= 15 is 0 Å². The highest BCUT2D eigenvalue weighted by Crippen LogP contribution is 2.28. The number of carboxylic acid groups (broad SMARTS) is 1. The molecule has 4 rings (SSSR count). The Labute approximate surface area is 203 Å². The third kappa shape index (κ3) is 5.87. The predicted octanol–water partition coefficient (Wildman–Crippen LogP) is 3.75. The Morgan fingerprint density at radius 2 is 2.00 bits per heavy atom. The fraction of sp³-hybridized carbons (Fsp3) is 0.227. The number of nitrogens with zero attached hydrogens (tertiary/aromatic N) is 5. The highest BCUT2D eigenvalue weighted by atomic mass is 32.2. The number of rotatable bonds is 6. The van der Waals surface area contributed by atoms with Crippen molar-refractivity contribution in [2.45, 2.75) is 30.5 Å². The van der Waals surface area contributed by atoms with E-state index in [0.717, 1.165) is 22.3 Å². The number of aromatic nitrogens is 5. The topological polar surface area (TPSA) is 155 Å². The Bertz CT molecular complexity index is 1520. The molecule has 1 atom stereocenters. The lowest BCUT2D eigenvalue weighted by molar-refractivity contribution is -0.192. The number of benzene rings is 1. The lowest BCUT2D eigenvalue weighted by atomic mass is 10.0. The van der Waals surface area contributed by atoms with Crippen molar-refractivity contribution in [2.75, 3.05) is 5.75 Å². The summed E-state index contributed by atoms with van der Waals surface area (Å²) in [4.78, 5) is 20.8.